The van der Waals surface area contributed by atoms with Crippen LogP contribution in [0.15, 0.2) is 54.8 Å². The molecule has 0 radical (unpaired) electrons. The highest BCUT2D eigenvalue weighted by Gasteiger charge is 2.19. The van der Waals surface area contributed by atoms with Gasteiger partial charge in [-0.15, -0.1) is 0 Å². The maximum absolute atomic E-state index is 4.80. The summed E-state index contributed by atoms with van der Waals surface area (Å²) in [5.74, 6) is 0. The molecule has 1 saturated heterocycles. The number of hydrogen-bond acceptors (Lipinski definition) is 2. The van der Waals surface area contributed by atoms with Gasteiger partial charge in [0.2, 0.25) is 0 Å². The summed E-state index contributed by atoms with van der Waals surface area (Å²) in [6.07, 6.45) is 23.5. The molecule has 0 amide bonds. The molecule has 2 aliphatic carbocycles. The van der Waals surface area contributed by atoms with Crippen LogP contribution in [0.1, 0.15) is 49.7 Å². The predicted octanol–water partition coefficient (Wildman–Crippen LogP) is 4.75. The summed E-state index contributed by atoms with van der Waals surface area (Å²) in [5, 5.41) is 9.55. The summed E-state index contributed by atoms with van der Waals surface area (Å²) >= 11 is 0. The first-order valence-electron chi connectivity index (χ1n) is 11.5. The highest BCUT2D eigenvalue weighted by molar-refractivity contribution is 5.90. The predicted molar refractivity (Wildman–Crippen MR) is 128 cm³/mol. The van der Waals surface area contributed by atoms with Crippen molar-refractivity contribution in [1.82, 2.24) is 5.32 Å². The maximum atomic E-state index is 4.80. The largest absolute Gasteiger partial charge is 0.497 e. The summed E-state index contributed by atoms with van der Waals surface area (Å²) in [5.41, 5.74) is 4.56. The van der Waals surface area contributed by atoms with E-state index in [0.717, 1.165) is 13.0 Å². The summed E-state index contributed by atoms with van der Waals surface area (Å²) < 4.78 is 4.80. The summed E-state index contributed by atoms with van der Waals surface area (Å²) in [7, 11) is 0. The molecule has 4 aliphatic rings. The lowest BCUT2D eigenvalue weighted by Gasteiger charge is -2.19. The first kappa shape index (κ1) is 19.4. The molecule has 154 valence electrons. The van der Waals surface area contributed by atoms with Crippen LogP contribution in [-0.4, -0.2) is 19.2 Å². The topological polar surface area (TPSA) is 21.3 Å². The van der Waals surface area contributed by atoms with E-state index in [0.29, 0.717) is 6.04 Å². The molecule has 0 aromatic heterocycles. The fraction of sp³-hybridized carbons (Fsp3) is 0.357. The number of fused-ring (bicyclic) bond motifs is 5. The van der Waals surface area contributed by atoms with E-state index >= 15 is 0 Å². The Bertz CT molecular complexity index is 1120. The van der Waals surface area contributed by atoms with E-state index in [-0.39, 0.29) is 0 Å². The van der Waals surface area contributed by atoms with Crippen molar-refractivity contribution in [3.63, 3.8) is 0 Å². The lowest BCUT2D eigenvalue weighted by molar-refractivity contribution is 0.286. The van der Waals surface area contributed by atoms with Crippen molar-refractivity contribution in [2.45, 2.75) is 51.0 Å². The summed E-state index contributed by atoms with van der Waals surface area (Å²) in [6, 6.07) is 10.2. The molecule has 2 aliphatic heterocycles. The third-order valence-electron chi connectivity index (χ3n) is 6.65. The van der Waals surface area contributed by atoms with Gasteiger partial charge < -0.3 is 10.1 Å². The highest BCUT2D eigenvalue weighted by atomic mass is 16.5. The normalized spacial score (nSPS) is 21.3. The molecular weight excluding hydrogens is 366 g/mol. The zero-order valence-corrected chi connectivity index (χ0v) is 17.7. The van der Waals surface area contributed by atoms with E-state index in [1.165, 1.54) is 77.4 Å². The summed E-state index contributed by atoms with van der Waals surface area (Å²) in [6.45, 7) is 1.92. The standard InChI is InChI=1S/C23H25N.C5H6O/c1-2-8-19-16(5-1)10-11-23-21-9-3-6-17(15-18-7-4-14-24-18)20(21)12-13-22(19)23;1-2-4-6-5-3-1/h6,8-13,18,24H,1-5,7,14-15H2;1-4H,5H2. The second kappa shape index (κ2) is 9.06. The Labute approximate surface area is 179 Å². The van der Waals surface area contributed by atoms with E-state index in [1.807, 2.05) is 18.2 Å². The van der Waals surface area contributed by atoms with Crippen LogP contribution in [0, 0.1) is 0 Å². The Balaban J connectivity index is 0.000000279. The maximum Gasteiger partial charge on any atom is 0.106 e. The Morgan fingerprint density at radius 1 is 0.933 bits per heavy atom. The van der Waals surface area contributed by atoms with Gasteiger partial charge in [0.05, 0.1) is 6.26 Å². The molecule has 0 saturated carbocycles. The number of nitrogens with one attached hydrogen (secondary N) is 1. The van der Waals surface area contributed by atoms with Crippen LogP contribution in [0.3, 0.4) is 0 Å². The number of ether oxygens (including phenoxy) is 1. The zero-order chi connectivity index (χ0) is 20.2. The molecule has 0 bridgehead atoms. The van der Waals surface area contributed by atoms with E-state index in [1.54, 1.807) is 11.8 Å². The van der Waals surface area contributed by atoms with Gasteiger partial charge in [0.1, 0.15) is 6.61 Å². The number of benzene rings is 2. The molecule has 2 aromatic rings. The minimum Gasteiger partial charge on any atom is -0.497 e. The fourth-order valence-corrected chi connectivity index (χ4v) is 5.16. The van der Waals surface area contributed by atoms with Crippen molar-refractivity contribution in [1.29, 1.82) is 0 Å². The smallest absolute Gasteiger partial charge is 0.106 e. The van der Waals surface area contributed by atoms with Gasteiger partial charge in [-0.05, 0) is 102 Å². The second-order valence-electron chi connectivity index (χ2n) is 8.61. The van der Waals surface area contributed by atoms with Crippen LogP contribution in [0.2, 0.25) is 0 Å². The van der Waals surface area contributed by atoms with Crippen molar-refractivity contribution < 1.29 is 4.74 Å². The van der Waals surface area contributed by atoms with Gasteiger partial charge in [0, 0.05) is 6.04 Å². The Morgan fingerprint density at radius 3 is 2.63 bits per heavy atom. The summed E-state index contributed by atoms with van der Waals surface area (Å²) in [4.78, 5) is 0. The van der Waals surface area contributed by atoms with Gasteiger partial charge in [-0.2, -0.15) is 0 Å². The van der Waals surface area contributed by atoms with Gasteiger partial charge in [0.15, 0.2) is 0 Å². The molecule has 0 spiro atoms. The fourth-order valence-electron chi connectivity index (χ4n) is 5.16. The monoisotopic (exact) mass is 397 g/mol. The molecule has 2 aromatic carbocycles. The van der Waals surface area contributed by atoms with Crippen molar-refractivity contribution in [3.8, 4) is 0 Å². The van der Waals surface area contributed by atoms with E-state index in [4.69, 9.17) is 4.74 Å². The Kier molecular flexibility index (Phi) is 5.85. The average molecular weight is 398 g/mol. The number of allylic oxidation sites excluding steroid dienone is 3. The van der Waals surface area contributed by atoms with Gasteiger partial charge in [-0.25, -0.2) is 0 Å². The van der Waals surface area contributed by atoms with Gasteiger partial charge >= 0.3 is 0 Å². The number of rotatable bonds is 2. The molecular formula is C28H31NO. The number of hydrogen-bond donors (Lipinski definition) is 1. The zero-order valence-electron chi connectivity index (χ0n) is 17.7. The van der Waals surface area contributed by atoms with Crippen molar-refractivity contribution in [3.05, 3.63) is 76.4 Å². The second-order valence-corrected chi connectivity index (χ2v) is 8.61. The lowest BCUT2D eigenvalue weighted by atomic mass is 9.87. The van der Waals surface area contributed by atoms with Gasteiger partial charge in [-0.1, -0.05) is 48.6 Å². The first-order chi connectivity index (χ1) is 14.9. The molecule has 30 heavy (non-hydrogen) atoms. The third kappa shape index (κ3) is 4.02. The van der Waals surface area contributed by atoms with Gasteiger partial charge in [0.25, 0.3) is 0 Å². The SMILES string of the molecule is C1=C(CC2CCCN2)c2ccc3c4c(ccc3c2=CC1)CCCC=4.C1=CCOC=C1. The Morgan fingerprint density at radius 2 is 1.87 bits per heavy atom. The molecule has 1 unspecified atom stereocenters. The minimum atomic E-state index is 0.676. The van der Waals surface area contributed by atoms with Crippen LogP contribution in [-0.2, 0) is 11.2 Å². The van der Waals surface area contributed by atoms with Crippen LogP contribution in [0.25, 0.3) is 28.5 Å². The van der Waals surface area contributed by atoms with Crippen LogP contribution in [0.5, 0.6) is 0 Å². The Hall–Kier alpha value is -2.58. The van der Waals surface area contributed by atoms with Crippen molar-refractivity contribution in [2.75, 3.05) is 13.2 Å². The first-order valence-corrected chi connectivity index (χ1v) is 11.5. The molecule has 2 heteroatoms. The van der Waals surface area contributed by atoms with Gasteiger partial charge in [-0.3, -0.25) is 0 Å². The van der Waals surface area contributed by atoms with Crippen molar-refractivity contribution >= 4 is 28.5 Å². The third-order valence-corrected chi connectivity index (χ3v) is 6.65. The number of aryl methyl sites for hydroxylation is 1. The molecule has 1 N–H and O–H groups in total. The molecule has 6 rings (SSSR count). The molecule has 1 atom stereocenters. The van der Waals surface area contributed by atoms with E-state index < -0.39 is 0 Å². The van der Waals surface area contributed by atoms with Crippen LogP contribution in [0.4, 0.5) is 0 Å². The molecule has 2 nitrogen and oxygen atoms in total. The average Bonchev–Trinajstić information content (AvgIpc) is 3.33. The van der Waals surface area contributed by atoms with E-state index in [9.17, 15) is 0 Å². The van der Waals surface area contributed by atoms with Crippen LogP contribution < -0.4 is 15.8 Å². The highest BCUT2D eigenvalue weighted by Crippen LogP contribution is 2.26. The van der Waals surface area contributed by atoms with Crippen LogP contribution >= 0.6 is 0 Å². The van der Waals surface area contributed by atoms with E-state index in [2.05, 4.69) is 47.8 Å². The molecule has 2 heterocycles. The molecule has 1 fully saturated rings. The van der Waals surface area contributed by atoms with Crippen molar-refractivity contribution in [2.24, 2.45) is 0 Å². The quantitative estimate of drug-likeness (QED) is 0.789. The lowest BCUT2D eigenvalue weighted by Crippen LogP contribution is -2.24. The minimum absolute atomic E-state index is 0.676.